The number of hydrogen-bond acceptors (Lipinski definition) is 3. The molecule has 2 N–H and O–H groups in total. The summed E-state index contributed by atoms with van der Waals surface area (Å²) in [6, 6.07) is 6.75. The number of phenolic OH excluding ortho intramolecular Hbond substituents is 1. The Bertz CT molecular complexity index is 363. The number of benzene rings is 1. The van der Waals surface area contributed by atoms with Crippen LogP contribution in [-0.4, -0.2) is 40.7 Å². The smallest absolute Gasteiger partial charge is 0.226 e. The van der Waals surface area contributed by atoms with Gasteiger partial charge in [0.15, 0.2) is 0 Å². The number of para-hydroxylation sites is 1. The second-order valence-corrected chi connectivity index (χ2v) is 3.93. The molecule has 1 aromatic carbocycles. The summed E-state index contributed by atoms with van der Waals surface area (Å²) < 4.78 is 0. The zero-order chi connectivity index (χ0) is 12.1. The van der Waals surface area contributed by atoms with Crippen LogP contribution in [0.2, 0.25) is 0 Å². The Labute approximate surface area is 95.1 Å². The van der Waals surface area contributed by atoms with Crippen LogP contribution in [0.25, 0.3) is 0 Å². The number of likely N-dealkylation sites (N-methyl/N-ethyl adjacent to an activating group) is 1. The molecular formula is C12H17NO3. The van der Waals surface area contributed by atoms with E-state index in [9.17, 15) is 9.90 Å². The van der Waals surface area contributed by atoms with Crippen molar-refractivity contribution in [2.45, 2.75) is 19.4 Å². The fraction of sp³-hybridized carbons (Fsp3) is 0.417. The Hall–Kier alpha value is -1.55. The summed E-state index contributed by atoms with van der Waals surface area (Å²) >= 11 is 0. The maximum Gasteiger partial charge on any atom is 0.226 e. The summed E-state index contributed by atoms with van der Waals surface area (Å²) in [5.41, 5.74) is 0.602. The number of carbonyl (C=O) groups excluding carboxylic acids is 1. The van der Waals surface area contributed by atoms with E-state index in [1.165, 1.54) is 4.90 Å². The Balaban J connectivity index is 2.61. The van der Waals surface area contributed by atoms with Crippen molar-refractivity contribution in [1.29, 1.82) is 0 Å². The lowest BCUT2D eigenvalue weighted by Crippen LogP contribution is -2.34. The van der Waals surface area contributed by atoms with Gasteiger partial charge in [-0.05, 0) is 13.0 Å². The maximum absolute atomic E-state index is 11.7. The lowest BCUT2D eigenvalue weighted by molar-refractivity contribution is -0.130. The summed E-state index contributed by atoms with van der Waals surface area (Å²) in [6.07, 6.45) is -0.395. The number of hydrogen-bond donors (Lipinski definition) is 2. The van der Waals surface area contributed by atoms with Crippen molar-refractivity contribution in [2.75, 3.05) is 13.6 Å². The third kappa shape index (κ3) is 3.55. The van der Waals surface area contributed by atoms with Gasteiger partial charge in [0, 0.05) is 19.2 Å². The minimum Gasteiger partial charge on any atom is -0.508 e. The molecule has 0 spiro atoms. The van der Waals surface area contributed by atoms with E-state index in [0.29, 0.717) is 12.1 Å². The molecule has 0 radical (unpaired) electrons. The molecule has 4 nitrogen and oxygen atoms in total. The van der Waals surface area contributed by atoms with E-state index < -0.39 is 6.10 Å². The third-order valence-corrected chi connectivity index (χ3v) is 2.30. The number of phenols is 1. The summed E-state index contributed by atoms with van der Waals surface area (Å²) in [5, 5.41) is 18.7. The molecule has 1 atom stereocenters. The molecule has 1 rings (SSSR count). The van der Waals surface area contributed by atoms with Crippen molar-refractivity contribution in [1.82, 2.24) is 4.90 Å². The lowest BCUT2D eigenvalue weighted by Gasteiger charge is -2.18. The molecule has 0 fully saturated rings. The van der Waals surface area contributed by atoms with E-state index in [-0.39, 0.29) is 18.1 Å². The highest BCUT2D eigenvalue weighted by atomic mass is 16.3. The van der Waals surface area contributed by atoms with Crippen molar-refractivity contribution in [3.63, 3.8) is 0 Å². The van der Waals surface area contributed by atoms with E-state index in [0.717, 1.165) is 0 Å². The van der Waals surface area contributed by atoms with Crippen molar-refractivity contribution in [3.8, 4) is 5.75 Å². The summed E-state index contributed by atoms with van der Waals surface area (Å²) in [6.45, 7) is 1.93. The highest BCUT2D eigenvalue weighted by Crippen LogP contribution is 2.16. The first-order valence-electron chi connectivity index (χ1n) is 5.19. The van der Waals surface area contributed by atoms with E-state index in [1.807, 2.05) is 0 Å². The van der Waals surface area contributed by atoms with E-state index in [1.54, 1.807) is 38.2 Å². The number of aliphatic hydroxyl groups is 1. The Morgan fingerprint density at radius 3 is 2.62 bits per heavy atom. The van der Waals surface area contributed by atoms with Crippen LogP contribution in [0.4, 0.5) is 0 Å². The first-order valence-corrected chi connectivity index (χ1v) is 5.19. The molecule has 0 aliphatic rings. The van der Waals surface area contributed by atoms with Crippen molar-refractivity contribution in [2.24, 2.45) is 0 Å². The zero-order valence-electron chi connectivity index (χ0n) is 9.55. The molecule has 16 heavy (non-hydrogen) atoms. The number of rotatable bonds is 4. The molecular weight excluding hydrogens is 206 g/mol. The molecule has 1 aromatic rings. The lowest BCUT2D eigenvalue weighted by atomic mass is 10.1. The second kappa shape index (κ2) is 5.51. The van der Waals surface area contributed by atoms with Crippen LogP contribution in [0.15, 0.2) is 24.3 Å². The standard InChI is InChI=1S/C12H17NO3/c1-9(14)8-13(2)12(16)7-10-5-3-4-6-11(10)15/h3-6,9,14-15H,7-8H2,1-2H3. The van der Waals surface area contributed by atoms with Gasteiger partial charge in [0.05, 0.1) is 12.5 Å². The molecule has 0 aromatic heterocycles. The highest BCUT2D eigenvalue weighted by Gasteiger charge is 2.13. The van der Waals surface area contributed by atoms with E-state index in [4.69, 9.17) is 5.11 Å². The van der Waals surface area contributed by atoms with Gasteiger partial charge >= 0.3 is 0 Å². The largest absolute Gasteiger partial charge is 0.508 e. The fourth-order valence-electron chi connectivity index (χ4n) is 1.46. The Kier molecular flexibility index (Phi) is 4.31. The van der Waals surface area contributed by atoms with Gasteiger partial charge in [0.1, 0.15) is 5.75 Å². The molecule has 1 unspecified atom stereocenters. The van der Waals surface area contributed by atoms with Crippen LogP contribution in [0.5, 0.6) is 5.75 Å². The summed E-state index contributed by atoms with van der Waals surface area (Å²) in [7, 11) is 1.63. The minimum atomic E-state index is -0.543. The zero-order valence-corrected chi connectivity index (χ0v) is 9.55. The van der Waals surface area contributed by atoms with Gasteiger partial charge in [-0.15, -0.1) is 0 Å². The van der Waals surface area contributed by atoms with Gasteiger partial charge in [-0.1, -0.05) is 18.2 Å². The SMILES string of the molecule is CC(O)CN(C)C(=O)Cc1ccccc1O. The molecule has 0 aliphatic carbocycles. The van der Waals surface area contributed by atoms with Crippen LogP contribution >= 0.6 is 0 Å². The predicted molar refractivity (Wildman–Crippen MR) is 61.1 cm³/mol. The molecule has 4 heteroatoms. The van der Waals surface area contributed by atoms with E-state index in [2.05, 4.69) is 0 Å². The Morgan fingerprint density at radius 1 is 1.44 bits per heavy atom. The molecule has 0 bridgehead atoms. The van der Waals surface area contributed by atoms with Crippen LogP contribution in [0.3, 0.4) is 0 Å². The number of amides is 1. The first-order chi connectivity index (χ1) is 7.50. The van der Waals surface area contributed by atoms with Gasteiger partial charge in [-0.25, -0.2) is 0 Å². The average molecular weight is 223 g/mol. The number of aromatic hydroxyl groups is 1. The van der Waals surface area contributed by atoms with Gasteiger partial charge in [-0.3, -0.25) is 4.79 Å². The number of aliphatic hydroxyl groups excluding tert-OH is 1. The quantitative estimate of drug-likeness (QED) is 0.792. The molecule has 1 amide bonds. The number of carbonyl (C=O) groups is 1. The monoisotopic (exact) mass is 223 g/mol. The molecule has 0 saturated heterocycles. The molecule has 0 saturated carbocycles. The van der Waals surface area contributed by atoms with Crippen molar-refractivity contribution < 1.29 is 15.0 Å². The molecule has 0 aliphatic heterocycles. The molecule has 0 heterocycles. The highest BCUT2D eigenvalue weighted by molar-refractivity contribution is 5.79. The predicted octanol–water partition coefficient (Wildman–Crippen LogP) is 0.774. The first kappa shape index (κ1) is 12.5. The van der Waals surface area contributed by atoms with Gasteiger partial charge < -0.3 is 15.1 Å². The summed E-state index contributed by atoms with van der Waals surface area (Å²) in [4.78, 5) is 13.2. The Morgan fingerprint density at radius 2 is 2.06 bits per heavy atom. The third-order valence-electron chi connectivity index (χ3n) is 2.30. The van der Waals surface area contributed by atoms with Gasteiger partial charge in [-0.2, -0.15) is 0 Å². The van der Waals surface area contributed by atoms with Gasteiger partial charge in [0.25, 0.3) is 0 Å². The van der Waals surface area contributed by atoms with Crippen molar-refractivity contribution in [3.05, 3.63) is 29.8 Å². The van der Waals surface area contributed by atoms with Gasteiger partial charge in [0.2, 0.25) is 5.91 Å². The average Bonchev–Trinajstić information content (AvgIpc) is 2.20. The minimum absolute atomic E-state index is 0.123. The van der Waals surface area contributed by atoms with Crippen molar-refractivity contribution >= 4 is 5.91 Å². The second-order valence-electron chi connectivity index (χ2n) is 3.93. The number of nitrogens with zero attached hydrogens (tertiary/aromatic N) is 1. The normalized spacial score (nSPS) is 12.2. The van der Waals surface area contributed by atoms with E-state index >= 15 is 0 Å². The fourth-order valence-corrected chi connectivity index (χ4v) is 1.46. The van der Waals surface area contributed by atoms with Crippen LogP contribution in [0.1, 0.15) is 12.5 Å². The summed E-state index contributed by atoms with van der Waals surface area (Å²) in [5.74, 6) is 0.00342. The van der Waals surface area contributed by atoms with Crippen LogP contribution < -0.4 is 0 Å². The maximum atomic E-state index is 11.7. The molecule has 88 valence electrons. The van der Waals surface area contributed by atoms with Crippen LogP contribution in [-0.2, 0) is 11.2 Å². The van der Waals surface area contributed by atoms with Crippen LogP contribution in [0, 0.1) is 0 Å². The topological polar surface area (TPSA) is 60.8 Å².